The first-order valence-corrected chi connectivity index (χ1v) is 6.89. The maximum Gasteiger partial charge on any atom is 0.255 e. The number of hydrogen-bond donors (Lipinski definition) is 1. The van der Waals surface area contributed by atoms with E-state index in [-0.39, 0.29) is 11.9 Å². The molecule has 1 atom stereocenters. The van der Waals surface area contributed by atoms with E-state index in [0.29, 0.717) is 24.5 Å². The van der Waals surface area contributed by atoms with Crippen LogP contribution in [0.4, 0.5) is 0 Å². The molecule has 0 radical (unpaired) electrons. The molecule has 0 saturated carbocycles. The molecule has 21 heavy (non-hydrogen) atoms. The van der Waals surface area contributed by atoms with Gasteiger partial charge in [0.1, 0.15) is 19.0 Å². The lowest BCUT2D eigenvalue weighted by molar-refractivity contribution is 0.0938. The Morgan fingerprint density at radius 2 is 1.95 bits per heavy atom. The molecule has 0 unspecified atom stereocenters. The van der Waals surface area contributed by atoms with Crippen LogP contribution in [0.1, 0.15) is 34.6 Å². The van der Waals surface area contributed by atoms with E-state index in [9.17, 15) is 4.79 Å². The Kier molecular flexibility index (Phi) is 3.56. The van der Waals surface area contributed by atoms with Crippen LogP contribution in [0.2, 0.25) is 0 Å². The summed E-state index contributed by atoms with van der Waals surface area (Å²) in [5.74, 6) is 1.93. The van der Waals surface area contributed by atoms with E-state index in [1.54, 1.807) is 13.0 Å². The summed E-state index contributed by atoms with van der Waals surface area (Å²) in [5, 5.41) is 2.95. The second kappa shape index (κ2) is 5.52. The first kappa shape index (κ1) is 13.5. The first-order chi connectivity index (χ1) is 10.1. The molecule has 110 valence electrons. The third-order valence-corrected chi connectivity index (χ3v) is 3.52. The summed E-state index contributed by atoms with van der Waals surface area (Å²) in [4.78, 5) is 12.2. The third-order valence-electron chi connectivity index (χ3n) is 3.52. The molecule has 1 aliphatic heterocycles. The Hall–Kier alpha value is -2.43. The number of hydrogen-bond acceptors (Lipinski definition) is 4. The van der Waals surface area contributed by atoms with Gasteiger partial charge < -0.3 is 19.2 Å². The van der Waals surface area contributed by atoms with Crippen LogP contribution in [0.25, 0.3) is 0 Å². The number of ether oxygens (including phenoxy) is 2. The predicted octanol–water partition coefficient (Wildman–Crippen LogP) is 2.85. The molecule has 1 aromatic heterocycles. The highest BCUT2D eigenvalue weighted by Crippen LogP contribution is 2.32. The largest absolute Gasteiger partial charge is 0.486 e. The Morgan fingerprint density at radius 1 is 1.19 bits per heavy atom. The van der Waals surface area contributed by atoms with Crippen LogP contribution in [0.5, 0.6) is 11.5 Å². The van der Waals surface area contributed by atoms with E-state index in [0.717, 1.165) is 17.1 Å². The predicted molar refractivity (Wildman–Crippen MR) is 76.8 cm³/mol. The molecule has 0 aliphatic carbocycles. The van der Waals surface area contributed by atoms with Crippen molar-refractivity contribution in [2.24, 2.45) is 0 Å². The molecular formula is C16H17NO4. The van der Waals surface area contributed by atoms with Gasteiger partial charge in [0.2, 0.25) is 0 Å². The summed E-state index contributed by atoms with van der Waals surface area (Å²) >= 11 is 0. The fraction of sp³-hybridized carbons (Fsp3) is 0.312. The van der Waals surface area contributed by atoms with Crippen LogP contribution in [0.15, 0.2) is 34.9 Å². The molecule has 5 heteroatoms. The van der Waals surface area contributed by atoms with Gasteiger partial charge in [-0.25, -0.2) is 0 Å². The third kappa shape index (κ3) is 2.72. The second-order valence-corrected chi connectivity index (χ2v) is 4.99. The lowest BCUT2D eigenvalue weighted by Crippen LogP contribution is -2.27. The zero-order valence-electron chi connectivity index (χ0n) is 12.0. The number of nitrogens with one attached hydrogen (secondary N) is 1. The average Bonchev–Trinajstić information content (AvgIpc) is 2.93. The molecule has 0 saturated heterocycles. The quantitative estimate of drug-likeness (QED) is 0.943. The van der Waals surface area contributed by atoms with Gasteiger partial charge >= 0.3 is 0 Å². The van der Waals surface area contributed by atoms with Crippen molar-refractivity contribution >= 4 is 5.91 Å². The van der Waals surface area contributed by atoms with Crippen LogP contribution in [0.3, 0.4) is 0 Å². The van der Waals surface area contributed by atoms with Gasteiger partial charge in [0, 0.05) is 0 Å². The highest BCUT2D eigenvalue weighted by Gasteiger charge is 2.18. The zero-order chi connectivity index (χ0) is 14.8. The van der Waals surface area contributed by atoms with Gasteiger partial charge in [-0.15, -0.1) is 0 Å². The van der Waals surface area contributed by atoms with Crippen LogP contribution < -0.4 is 14.8 Å². The molecule has 0 fully saturated rings. The zero-order valence-corrected chi connectivity index (χ0v) is 12.0. The van der Waals surface area contributed by atoms with Crippen molar-refractivity contribution in [2.75, 3.05) is 13.2 Å². The minimum atomic E-state index is -0.149. The molecule has 2 aromatic rings. The second-order valence-electron chi connectivity index (χ2n) is 4.99. The van der Waals surface area contributed by atoms with E-state index in [2.05, 4.69) is 5.32 Å². The Labute approximate surface area is 122 Å². The maximum atomic E-state index is 12.2. The van der Waals surface area contributed by atoms with E-state index >= 15 is 0 Å². The van der Waals surface area contributed by atoms with Crippen molar-refractivity contribution in [3.05, 3.63) is 47.4 Å². The maximum absolute atomic E-state index is 12.2. The molecule has 3 rings (SSSR count). The van der Waals surface area contributed by atoms with Gasteiger partial charge in [0.05, 0.1) is 17.9 Å². The molecule has 5 nitrogen and oxygen atoms in total. The van der Waals surface area contributed by atoms with Gasteiger partial charge in [-0.2, -0.15) is 0 Å². The van der Waals surface area contributed by atoms with Crippen LogP contribution in [0, 0.1) is 6.92 Å². The number of carbonyl (C=O) groups excluding carboxylic acids is 1. The van der Waals surface area contributed by atoms with E-state index in [4.69, 9.17) is 13.9 Å². The Balaban J connectivity index is 1.75. The molecule has 0 bridgehead atoms. The number of benzene rings is 1. The molecule has 0 spiro atoms. The van der Waals surface area contributed by atoms with Crippen molar-refractivity contribution in [1.82, 2.24) is 5.32 Å². The number of rotatable bonds is 3. The minimum absolute atomic E-state index is 0.136. The fourth-order valence-corrected chi connectivity index (χ4v) is 2.31. The molecule has 1 amide bonds. The smallest absolute Gasteiger partial charge is 0.255 e. The average molecular weight is 287 g/mol. The Bertz CT molecular complexity index is 662. The minimum Gasteiger partial charge on any atom is -0.486 e. The highest BCUT2D eigenvalue weighted by molar-refractivity contribution is 5.95. The lowest BCUT2D eigenvalue weighted by atomic mass is 10.1. The summed E-state index contributed by atoms with van der Waals surface area (Å²) in [6.45, 7) is 4.81. The molecule has 1 aromatic carbocycles. The van der Waals surface area contributed by atoms with E-state index < -0.39 is 0 Å². The lowest BCUT2D eigenvalue weighted by Gasteiger charge is -2.21. The molecule has 1 N–H and O–H groups in total. The highest BCUT2D eigenvalue weighted by atomic mass is 16.6. The van der Waals surface area contributed by atoms with Gasteiger partial charge in [0.15, 0.2) is 11.5 Å². The molecule has 2 heterocycles. The van der Waals surface area contributed by atoms with Crippen molar-refractivity contribution < 1.29 is 18.7 Å². The van der Waals surface area contributed by atoms with Gasteiger partial charge in [-0.05, 0) is 37.6 Å². The van der Waals surface area contributed by atoms with Crippen molar-refractivity contribution in [2.45, 2.75) is 19.9 Å². The number of fused-ring (bicyclic) bond motifs is 1. The van der Waals surface area contributed by atoms with Gasteiger partial charge in [0.25, 0.3) is 5.91 Å². The van der Waals surface area contributed by atoms with Crippen LogP contribution >= 0.6 is 0 Å². The summed E-state index contributed by atoms with van der Waals surface area (Å²) in [6, 6.07) is 7.24. The summed E-state index contributed by atoms with van der Waals surface area (Å²) in [5.41, 5.74) is 1.52. The monoisotopic (exact) mass is 287 g/mol. The van der Waals surface area contributed by atoms with Crippen LogP contribution in [-0.2, 0) is 0 Å². The summed E-state index contributed by atoms with van der Waals surface area (Å²) in [7, 11) is 0. The number of carbonyl (C=O) groups is 1. The van der Waals surface area contributed by atoms with Crippen LogP contribution in [-0.4, -0.2) is 19.1 Å². The van der Waals surface area contributed by atoms with E-state index in [1.165, 1.54) is 6.26 Å². The number of aryl methyl sites for hydroxylation is 1. The number of furan rings is 1. The Morgan fingerprint density at radius 3 is 2.67 bits per heavy atom. The summed E-state index contributed by atoms with van der Waals surface area (Å²) in [6.07, 6.45) is 1.51. The topological polar surface area (TPSA) is 60.7 Å². The van der Waals surface area contributed by atoms with Crippen molar-refractivity contribution in [3.63, 3.8) is 0 Å². The van der Waals surface area contributed by atoms with Crippen molar-refractivity contribution in [1.29, 1.82) is 0 Å². The van der Waals surface area contributed by atoms with Gasteiger partial charge in [-0.1, -0.05) is 6.07 Å². The summed E-state index contributed by atoms with van der Waals surface area (Å²) < 4.78 is 16.2. The standard InChI is InChI=1S/C16H17NO4/c1-10(17-16(18)13-5-6-19-11(13)2)12-3-4-14-15(9-12)21-8-7-20-14/h3-6,9-10H,7-8H2,1-2H3,(H,17,18)/t10-/m1/s1. The van der Waals surface area contributed by atoms with E-state index in [1.807, 2.05) is 25.1 Å². The fourth-order valence-electron chi connectivity index (χ4n) is 2.31. The molecular weight excluding hydrogens is 270 g/mol. The SMILES string of the molecule is Cc1occc1C(=O)N[C@H](C)c1ccc2c(c1)OCCO2. The van der Waals surface area contributed by atoms with Crippen molar-refractivity contribution in [3.8, 4) is 11.5 Å². The first-order valence-electron chi connectivity index (χ1n) is 6.89. The van der Waals surface area contributed by atoms with Gasteiger partial charge in [-0.3, -0.25) is 4.79 Å². The molecule has 1 aliphatic rings. The number of amides is 1. The normalized spacial score (nSPS) is 14.6.